The first-order valence-corrected chi connectivity index (χ1v) is 8.94. The highest BCUT2D eigenvalue weighted by Gasteiger charge is 2.09. The SMILES string of the molecule is Oc1c(C=Nc2nc3ccc(Br)cc3s2)sc2ccccc12. The van der Waals surface area contributed by atoms with Gasteiger partial charge < -0.3 is 5.11 Å². The van der Waals surface area contributed by atoms with Crippen LogP contribution in [0.4, 0.5) is 5.13 Å². The predicted molar refractivity (Wildman–Crippen MR) is 98.1 cm³/mol. The fraction of sp³-hybridized carbons (Fsp3) is 0. The molecular weight excluding hydrogens is 380 g/mol. The molecule has 0 spiro atoms. The number of thiophene rings is 1. The van der Waals surface area contributed by atoms with Crippen molar-refractivity contribution in [3.8, 4) is 5.75 Å². The Hall–Kier alpha value is -1.76. The van der Waals surface area contributed by atoms with E-state index in [-0.39, 0.29) is 5.75 Å². The van der Waals surface area contributed by atoms with Gasteiger partial charge in [-0.25, -0.2) is 9.98 Å². The number of halogens is 1. The second-order valence-corrected chi connectivity index (χ2v) is 7.69. The van der Waals surface area contributed by atoms with Crippen LogP contribution in [0.25, 0.3) is 20.3 Å². The zero-order valence-corrected chi connectivity index (χ0v) is 14.4. The van der Waals surface area contributed by atoms with Crippen LogP contribution in [0.5, 0.6) is 5.75 Å². The number of aliphatic imine (C=N–C) groups is 1. The first-order valence-electron chi connectivity index (χ1n) is 6.51. The molecule has 0 aliphatic rings. The van der Waals surface area contributed by atoms with Gasteiger partial charge in [-0.1, -0.05) is 39.4 Å². The van der Waals surface area contributed by atoms with E-state index < -0.39 is 0 Å². The third-order valence-electron chi connectivity index (χ3n) is 3.23. The van der Waals surface area contributed by atoms with Crippen LogP contribution < -0.4 is 0 Å². The van der Waals surface area contributed by atoms with Gasteiger partial charge in [0.2, 0.25) is 5.13 Å². The molecule has 3 nitrogen and oxygen atoms in total. The maximum absolute atomic E-state index is 10.2. The second kappa shape index (κ2) is 5.46. The van der Waals surface area contributed by atoms with Gasteiger partial charge in [-0.3, -0.25) is 0 Å². The van der Waals surface area contributed by atoms with E-state index >= 15 is 0 Å². The molecule has 0 atom stereocenters. The molecule has 22 heavy (non-hydrogen) atoms. The highest BCUT2D eigenvalue weighted by atomic mass is 79.9. The highest BCUT2D eigenvalue weighted by molar-refractivity contribution is 9.10. The van der Waals surface area contributed by atoms with E-state index in [1.165, 1.54) is 22.7 Å². The highest BCUT2D eigenvalue weighted by Crippen LogP contribution is 2.36. The lowest BCUT2D eigenvalue weighted by Crippen LogP contribution is -1.73. The number of rotatable bonds is 2. The van der Waals surface area contributed by atoms with Gasteiger partial charge in [-0.05, 0) is 30.3 Å². The van der Waals surface area contributed by atoms with Crippen LogP contribution in [0.15, 0.2) is 51.9 Å². The molecule has 0 saturated heterocycles. The van der Waals surface area contributed by atoms with E-state index in [2.05, 4.69) is 25.9 Å². The molecule has 2 heterocycles. The summed E-state index contributed by atoms with van der Waals surface area (Å²) in [7, 11) is 0. The average molecular weight is 389 g/mol. The van der Waals surface area contributed by atoms with Crippen molar-refractivity contribution in [1.29, 1.82) is 0 Å². The molecule has 0 bridgehead atoms. The first kappa shape index (κ1) is 13.9. The van der Waals surface area contributed by atoms with Gasteiger partial charge in [0.05, 0.1) is 21.3 Å². The zero-order valence-electron chi connectivity index (χ0n) is 11.2. The number of fused-ring (bicyclic) bond motifs is 2. The van der Waals surface area contributed by atoms with Gasteiger partial charge in [0.15, 0.2) is 0 Å². The summed E-state index contributed by atoms with van der Waals surface area (Å²) in [6.45, 7) is 0. The normalized spacial score (nSPS) is 11.9. The Morgan fingerprint density at radius 2 is 1.95 bits per heavy atom. The van der Waals surface area contributed by atoms with Gasteiger partial charge in [0.1, 0.15) is 5.75 Å². The molecule has 4 aromatic rings. The minimum Gasteiger partial charge on any atom is -0.506 e. The van der Waals surface area contributed by atoms with Crippen molar-refractivity contribution in [2.24, 2.45) is 4.99 Å². The van der Waals surface area contributed by atoms with Crippen LogP contribution in [0.1, 0.15) is 4.88 Å². The van der Waals surface area contributed by atoms with E-state index in [0.717, 1.165) is 29.7 Å². The van der Waals surface area contributed by atoms with Crippen molar-refractivity contribution in [3.63, 3.8) is 0 Å². The number of benzene rings is 2. The minimum atomic E-state index is 0.285. The van der Waals surface area contributed by atoms with Gasteiger partial charge in [0, 0.05) is 14.6 Å². The molecular formula is C16H9BrN2OS2. The van der Waals surface area contributed by atoms with Crippen molar-refractivity contribution in [2.75, 3.05) is 0 Å². The lowest BCUT2D eigenvalue weighted by molar-refractivity contribution is 0.483. The number of thiazole rings is 1. The van der Waals surface area contributed by atoms with Crippen molar-refractivity contribution in [2.45, 2.75) is 0 Å². The molecule has 4 rings (SSSR count). The molecule has 0 aliphatic carbocycles. The Bertz CT molecular complexity index is 1020. The molecule has 2 aromatic heterocycles. The summed E-state index contributed by atoms with van der Waals surface area (Å²) >= 11 is 6.51. The number of nitrogens with zero attached hydrogens (tertiary/aromatic N) is 2. The van der Waals surface area contributed by atoms with E-state index in [1.807, 2.05) is 42.5 Å². The molecule has 0 unspecified atom stereocenters. The van der Waals surface area contributed by atoms with Crippen LogP contribution >= 0.6 is 38.6 Å². The molecule has 6 heteroatoms. The molecule has 108 valence electrons. The Morgan fingerprint density at radius 1 is 1.09 bits per heavy atom. The fourth-order valence-electron chi connectivity index (χ4n) is 2.19. The Balaban J connectivity index is 1.73. The quantitative estimate of drug-likeness (QED) is 0.445. The van der Waals surface area contributed by atoms with E-state index in [4.69, 9.17) is 0 Å². The summed E-state index contributed by atoms with van der Waals surface area (Å²) in [6, 6.07) is 13.7. The molecule has 0 saturated carbocycles. The van der Waals surface area contributed by atoms with Crippen LogP contribution in [0, 0.1) is 0 Å². The molecule has 0 fully saturated rings. The molecule has 0 aliphatic heterocycles. The second-order valence-electron chi connectivity index (χ2n) is 4.68. The van der Waals surface area contributed by atoms with Crippen molar-refractivity contribution >= 4 is 70.3 Å². The van der Waals surface area contributed by atoms with Gasteiger partial charge in [0.25, 0.3) is 0 Å². The summed E-state index contributed by atoms with van der Waals surface area (Å²) in [5, 5.41) is 11.8. The molecule has 0 amide bonds. The van der Waals surface area contributed by atoms with Crippen molar-refractivity contribution in [3.05, 3.63) is 51.8 Å². The van der Waals surface area contributed by atoms with E-state index in [1.54, 1.807) is 6.21 Å². The number of aromatic hydroxyl groups is 1. The third-order valence-corrected chi connectivity index (χ3v) is 5.74. The Labute approximate surface area is 142 Å². The smallest absolute Gasteiger partial charge is 0.210 e. The average Bonchev–Trinajstić information content (AvgIpc) is 3.06. The van der Waals surface area contributed by atoms with Crippen LogP contribution in [0.3, 0.4) is 0 Å². The van der Waals surface area contributed by atoms with Crippen LogP contribution in [0.2, 0.25) is 0 Å². The molecule has 1 N–H and O–H groups in total. The van der Waals surface area contributed by atoms with E-state index in [0.29, 0.717) is 5.13 Å². The third kappa shape index (κ3) is 2.43. The Kier molecular flexibility index (Phi) is 3.44. The Morgan fingerprint density at radius 3 is 2.82 bits per heavy atom. The summed E-state index contributed by atoms with van der Waals surface area (Å²) in [6.07, 6.45) is 1.69. The van der Waals surface area contributed by atoms with Crippen molar-refractivity contribution in [1.82, 2.24) is 4.98 Å². The van der Waals surface area contributed by atoms with Gasteiger partial charge in [-0.2, -0.15) is 0 Å². The zero-order chi connectivity index (χ0) is 15.1. The molecule has 0 radical (unpaired) electrons. The topological polar surface area (TPSA) is 45.5 Å². The lowest BCUT2D eigenvalue weighted by Gasteiger charge is -1.89. The van der Waals surface area contributed by atoms with E-state index in [9.17, 15) is 5.11 Å². The summed E-state index contributed by atoms with van der Waals surface area (Å²) < 4.78 is 3.16. The minimum absolute atomic E-state index is 0.285. The largest absolute Gasteiger partial charge is 0.506 e. The van der Waals surface area contributed by atoms with Crippen LogP contribution in [-0.4, -0.2) is 16.3 Å². The van der Waals surface area contributed by atoms with Gasteiger partial charge in [-0.15, -0.1) is 11.3 Å². The lowest BCUT2D eigenvalue weighted by atomic mass is 10.2. The standard InChI is InChI=1S/C16H9BrN2OS2/c17-9-5-6-11-13(7-9)22-16(19-11)18-8-14-15(20)10-3-1-2-4-12(10)21-14/h1-8,20H. The maximum atomic E-state index is 10.2. The summed E-state index contributed by atoms with van der Waals surface area (Å²) in [4.78, 5) is 9.64. The van der Waals surface area contributed by atoms with Crippen LogP contribution in [-0.2, 0) is 0 Å². The monoisotopic (exact) mass is 388 g/mol. The predicted octanol–water partition coefficient (Wildman–Crippen LogP) is 5.73. The van der Waals surface area contributed by atoms with Gasteiger partial charge >= 0.3 is 0 Å². The maximum Gasteiger partial charge on any atom is 0.210 e. The first-order chi connectivity index (χ1) is 10.7. The number of aromatic nitrogens is 1. The fourth-order valence-corrected chi connectivity index (χ4v) is 4.53. The van der Waals surface area contributed by atoms with Crippen molar-refractivity contribution < 1.29 is 5.11 Å². The number of hydrogen-bond acceptors (Lipinski definition) is 5. The number of hydrogen-bond donors (Lipinski definition) is 1. The summed E-state index contributed by atoms with van der Waals surface area (Å²) in [5.74, 6) is 0.285. The summed E-state index contributed by atoms with van der Waals surface area (Å²) in [5.41, 5.74) is 0.931. The molecule has 2 aromatic carbocycles.